The number of hydrogen-bond donors (Lipinski definition) is 0. The summed E-state index contributed by atoms with van der Waals surface area (Å²) in [6.45, 7) is 5.74. The zero-order valence-electron chi connectivity index (χ0n) is 19.4. The first-order chi connectivity index (χ1) is 16.6. The SMILES string of the molecule is Cc1c(-c2ccccc2)oc2c(C(=O)N3CCCN(Cc4ccccc4)CC3)cccc2c1=O. The Balaban J connectivity index is 1.44. The molecule has 1 amide bonds. The Kier molecular flexibility index (Phi) is 6.28. The molecule has 0 saturated carbocycles. The van der Waals surface area contributed by atoms with Crippen molar-refractivity contribution in [2.75, 3.05) is 26.2 Å². The van der Waals surface area contributed by atoms with E-state index in [1.165, 1.54) is 5.56 Å². The molecular formula is C29H28N2O3. The fourth-order valence-electron chi connectivity index (χ4n) is 4.69. The molecule has 1 saturated heterocycles. The van der Waals surface area contributed by atoms with E-state index < -0.39 is 0 Å². The molecule has 172 valence electrons. The number of fused-ring (bicyclic) bond motifs is 1. The highest BCUT2D eigenvalue weighted by molar-refractivity contribution is 6.05. The Hall–Kier alpha value is -3.70. The van der Waals surface area contributed by atoms with Crippen LogP contribution >= 0.6 is 0 Å². The quantitative estimate of drug-likeness (QED) is 0.431. The Bertz CT molecular complexity index is 1360. The van der Waals surface area contributed by atoms with Crippen LogP contribution in [0.4, 0.5) is 0 Å². The molecule has 5 rings (SSSR count). The van der Waals surface area contributed by atoms with Crippen LogP contribution in [0.1, 0.15) is 27.9 Å². The lowest BCUT2D eigenvalue weighted by molar-refractivity contribution is 0.0762. The predicted octanol–water partition coefficient (Wildman–Crippen LogP) is 5.12. The van der Waals surface area contributed by atoms with E-state index in [-0.39, 0.29) is 11.3 Å². The van der Waals surface area contributed by atoms with E-state index >= 15 is 0 Å². The van der Waals surface area contributed by atoms with Gasteiger partial charge in [-0.2, -0.15) is 0 Å². The van der Waals surface area contributed by atoms with Gasteiger partial charge >= 0.3 is 0 Å². The van der Waals surface area contributed by atoms with E-state index in [1.54, 1.807) is 25.1 Å². The maximum absolute atomic E-state index is 13.6. The molecule has 34 heavy (non-hydrogen) atoms. The highest BCUT2D eigenvalue weighted by atomic mass is 16.3. The number of rotatable bonds is 4. The smallest absolute Gasteiger partial charge is 0.257 e. The second-order valence-corrected chi connectivity index (χ2v) is 8.84. The zero-order chi connectivity index (χ0) is 23.5. The van der Waals surface area contributed by atoms with Crippen LogP contribution in [-0.4, -0.2) is 41.9 Å². The van der Waals surface area contributed by atoms with Gasteiger partial charge in [0.2, 0.25) is 0 Å². The van der Waals surface area contributed by atoms with Crippen molar-refractivity contribution in [1.29, 1.82) is 0 Å². The molecule has 1 aromatic heterocycles. The van der Waals surface area contributed by atoms with Gasteiger partial charge in [-0.3, -0.25) is 14.5 Å². The van der Waals surface area contributed by atoms with Crippen molar-refractivity contribution >= 4 is 16.9 Å². The van der Waals surface area contributed by atoms with Crippen molar-refractivity contribution in [2.45, 2.75) is 19.9 Å². The van der Waals surface area contributed by atoms with Crippen molar-refractivity contribution < 1.29 is 9.21 Å². The van der Waals surface area contributed by atoms with Gasteiger partial charge < -0.3 is 9.32 Å². The summed E-state index contributed by atoms with van der Waals surface area (Å²) in [6.07, 6.45) is 0.904. The van der Waals surface area contributed by atoms with Crippen molar-refractivity contribution in [3.05, 3.63) is 106 Å². The molecule has 0 bridgehead atoms. The van der Waals surface area contributed by atoms with Gasteiger partial charge in [0.15, 0.2) is 11.0 Å². The molecule has 5 heteroatoms. The standard InChI is InChI=1S/C29H28N2O3/c1-21-26(32)24-14-8-15-25(28(24)34-27(21)23-12-6-3-7-13-23)29(33)31-17-9-16-30(18-19-31)20-22-10-4-2-5-11-22/h2-8,10-15H,9,16-20H2,1H3. The molecule has 3 aromatic carbocycles. The summed E-state index contributed by atoms with van der Waals surface area (Å²) in [6, 6.07) is 25.3. The van der Waals surface area contributed by atoms with E-state index in [0.717, 1.165) is 31.6 Å². The highest BCUT2D eigenvalue weighted by Gasteiger charge is 2.24. The fraction of sp³-hybridized carbons (Fsp3) is 0.241. The van der Waals surface area contributed by atoms with Crippen molar-refractivity contribution in [2.24, 2.45) is 0 Å². The van der Waals surface area contributed by atoms with Crippen LogP contribution in [0, 0.1) is 6.92 Å². The Morgan fingerprint density at radius 3 is 2.35 bits per heavy atom. The van der Waals surface area contributed by atoms with E-state index in [9.17, 15) is 9.59 Å². The maximum atomic E-state index is 13.6. The van der Waals surface area contributed by atoms with E-state index in [4.69, 9.17) is 4.42 Å². The van der Waals surface area contributed by atoms with E-state index in [0.29, 0.717) is 40.9 Å². The third-order valence-corrected chi connectivity index (χ3v) is 6.54. The summed E-state index contributed by atoms with van der Waals surface area (Å²) < 4.78 is 6.28. The van der Waals surface area contributed by atoms with Gasteiger partial charge in [-0.25, -0.2) is 0 Å². The second kappa shape index (κ2) is 9.65. The Morgan fingerprint density at radius 1 is 0.853 bits per heavy atom. The molecule has 0 radical (unpaired) electrons. The molecule has 1 aliphatic heterocycles. The first-order valence-electron chi connectivity index (χ1n) is 11.8. The van der Waals surface area contributed by atoms with Crippen LogP contribution in [0.15, 0.2) is 88.1 Å². The average Bonchev–Trinajstić information content (AvgIpc) is 3.12. The van der Waals surface area contributed by atoms with Crippen molar-refractivity contribution in [3.8, 4) is 11.3 Å². The summed E-state index contributed by atoms with van der Waals surface area (Å²) in [7, 11) is 0. The largest absolute Gasteiger partial charge is 0.455 e. The van der Waals surface area contributed by atoms with Gasteiger partial charge in [-0.05, 0) is 31.0 Å². The van der Waals surface area contributed by atoms with Crippen LogP contribution in [0.3, 0.4) is 0 Å². The summed E-state index contributed by atoms with van der Waals surface area (Å²) >= 11 is 0. The molecule has 0 spiro atoms. The number of carbonyl (C=O) groups excluding carboxylic acids is 1. The van der Waals surface area contributed by atoms with Gasteiger partial charge in [-0.1, -0.05) is 66.7 Å². The number of benzene rings is 3. The minimum absolute atomic E-state index is 0.0850. The van der Waals surface area contributed by atoms with Gasteiger partial charge in [0.1, 0.15) is 5.76 Å². The molecule has 0 unspecified atom stereocenters. The minimum Gasteiger partial charge on any atom is -0.455 e. The topological polar surface area (TPSA) is 53.8 Å². The first-order valence-corrected chi connectivity index (χ1v) is 11.8. The third-order valence-electron chi connectivity index (χ3n) is 6.54. The molecule has 5 nitrogen and oxygen atoms in total. The molecule has 1 aliphatic rings. The molecule has 1 fully saturated rings. The first kappa shape index (κ1) is 22.1. The van der Waals surface area contributed by atoms with Crippen molar-refractivity contribution in [3.63, 3.8) is 0 Å². The monoisotopic (exact) mass is 452 g/mol. The predicted molar refractivity (Wildman–Crippen MR) is 135 cm³/mol. The second-order valence-electron chi connectivity index (χ2n) is 8.84. The fourth-order valence-corrected chi connectivity index (χ4v) is 4.69. The lowest BCUT2D eigenvalue weighted by Crippen LogP contribution is -2.35. The zero-order valence-corrected chi connectivity index (χ0v) is 19.4. The molecule has 0 N–H and O–H groups in total. The number of nitrogens with zero attached hydrogens (tertiary/aromatic N) is 2. The summed E-state index contributed by atoms with van der Waals surface area (Å²) in [5.74, 6) is 0.432. The molecule has 0 atom stereocenters. The number of carbonyl (C=O) groups is 1. The van der Waals surface area contributed by atoms with Crippen LogP contribution in [-0.2, 0) is 6.54 Å². The number of amides is 1. The average molecular weight is 453 g/mol. The summed E-state index contributed by atoms with van der Waals surface area (Å²) in [5.41, 5.74) is 3.37. The van der Waals surface area contributed by atoms with Crippen LogP contribution in [0.2, 0.25) is 0 Å². The van der Waals surface area contributed by atoms with Crippen LogP contribution in [0.5, 0.6) is 0 Å². The van der Waals surface area contributed by atoms with Gasteiger partial charge in [-0.15, -0.1) is 0 Å². The Labute approximate surface area is 199 Å². The van der Waals surface area contributed by atoms with Crippen molar-refractivity contribution in [1.82, 2.24) is 9.80 Å². The molecule has 4 aromatic rings. The molecule has 0 aliphatic carbocycles. The van der Waals surface area contributed by atoms with Gasteiger partial charge in [0, 0.05) is 43.9 Å². The van der Waals surface area contributed by atoms with Gasteiger partial charge in [0.05, 0.1) is 10.9 Å². The van der Waals surface area contributed by atoms with E-state index in [1.807, 2.05) is 41.3 Å². The highest BCUT2D eigenvalue weighted by Crippen LogP contribution is 2.28. The maximum Gasteiger partial charge on any atom is 0.257 e. The summed E-state index contributed by atoms with van der Waals surface area (Å²) in [4.78, 5) is 31.1. The lowest BCUT2D eigenvalue weighted by Gasteiger charge is -2.22. The Morgan fingerprint density at radius 2 is 1.59 bits per heavy atom. The van der Waals surface area contributed by atoms with Crippen LogP contribution < -0.4 is 5.43 Å². The van der Waals surface area contributed by atoms with E-state index in [2.05, 4.69) is 29.2 Å². The number of hydrogen-bond acceptors (Lipinski definition) is 4. The normalized spacial score (nSPS) is 14.8. The minimum atomic E-state index is -0.0975. The molecule has 2 heterocycles. The lowest BCUT2D eigenvalue weighted by atomic mass is 10.0. The molecular weight excluding hydrogens is 424 g/mol. The summed E-state index contributed by atoms with van der Waals surface area (Å²) in [5, 5.41) is 0.448. The third kappa shape index (κ3) is 4.39. The van der Waals surface area contributed by atoms with Gasteiger partial charge in [0.25, 0.3) is 5.91 Å². The van der Waals surface area contributed by atoms with Crippen LogP contribution in [0.25, 0.3) is 22.3 Å². The number of para-hydroxylation sites is 1.